The molecule has 43 heavy (non-hydrogen) atoms. The SMILES string of the molecule is CCOC1=N[C@H](CCC[C@H]2N=C(OCC)[C@H](C(C)C)N(Cc3ccccc3)C2=O)C(=O)N(Cc2ccccc2)[C@H]1C(C)C. The summed E-state index contributed by atoms with van der Waals surface area (Å²) in [6.07, 6.45) is 1.65. The predicted molar refractivity (Wildman–Crippen MR) is 171 cm³/mol. The molecule has 0 radical (unpaired) electrons. The van der Waals surface area contributed by atoms with E-state index in [2.05, 4.69) is 27.7 Å². The first-order valence-corrected chi connectivity index (χ1v) is 15.8. The van der Waals surface area contributed by atoms with E-state index < -0.39 is 12.1 Å². The van der Waals surface area contributed by atoms with Crippen molar-refractivity contribution in [2.24, 2.45) is 21.8 Å². The van der Waals surface area contributed by atoms with Crippen molar-refractivity contribution in [3.8, 4) is 0 Å². The topological polar surface area (TPSA) is 83.8 Å². The van der Waals surface area contributed by atoms with E-state index in [1.807, 2.05) is 84.3 Å². The lowest BCUT2D eigenvalue weighted by Crippen LogP contribution is -2.56. The first-order chi connectivity index (χ1) is 20.7. The van der Waals surface area contributed by atoms with E-state index in [1.165, 1.54) is 0 Å². The van der Waals surface area contributed by atoms with Gasteiger partial charge in [0.05, 0.1) is 13.2 Å². The van der Waals surface area contributed by atoms with Crippen LogP contribution in [0.5, 0.6) is 0 Å². The fraction of sp³-hybridized carbons (Fsp3) is 0.543. The van der Waals surface area contributed by atoms with Gasteiger partial charge in [-0.2, -0.15) is 0 Å². The average Bonchev–Trinajstić information content (AvgIpc) is 2.98. The molecule has 4 atom stereocenters. The number of carbonyl (C=O) groups is 2. The first-order valence-electron chi connectivity index (χ1n) is 15.8. The Morgan fingerprint density at radius 3 is 1.35 bits per heavy atom. The van der Waals surface area contributed by atoms with Crippen LogP contribution in [0.3, 0.4) is 0 Å². The van der Waals surface area contributed by atoms with Crippen LogP contribution in [0, 0.1) is 11.8 Å². The van der Waals surface area contributed by atoms with Crippen molar-refractivity contribution >= 4 is 23.6 Å². The highest BCUT2D eigenvalue weighted by atomic mass is 16.5. The van der Waals surface area contributed by atoms with Crippen LogP contribution in [0.15, 0.2) is 70.6 Å². The van der Waals surface area contributed by atoms with Gasteiger partial charge in [0.15, 0.2) is 0 Å². The third kappa shape index (κ3) is 7.84. The van der Waals surface area contributed by atoms with Gasteiger partial charge in [0.25, 0.3) is 0 Å². The molecule has 0 aromatic heterocycles. The van der Waals surface area contributed by atoms with Crippen molar-refractivity contribution in [3.63, 3.8) is 0 Å². The van der Waals surface area contributed by atoms with Gasteiger partial charge in [-0.25, -0.2) is 9.98 Å². The van der Waals surface area contributed by atoms with Gasteiger partial charge in [0.1, 0.15) is 24.2 Å². The second-order valence-electron chi connectivity index (χ2n) is 12.0. The van der Waals surface area contributed by atoms with E-state index >= 15 is 0 Å². The number of hydrogen-bond donors (Lipinski definition) is 0. The Hall–Kier alpha value is -3.68. The highest BCUT2D eigenvalue weighted by Crippen LogP contribution is 2.29. The minimum atomic E-state index is -0.557. The fourth-order valence-corrected chi connectivity index (χ4v) is 6.12. The molecule has 0 aliphatic carbocycles. The van der Waals surface area contributed by atoms with Crippen LogP contribution in [0.2, 0.25) is 0 Å². The number of nitrogens with zero attached hydrogens (tertiary/aromatic N) is 4. The Bertz CT molecular complexity index is 1160. The summed E-state index contributed by atoms with van der Waals surface area (Å²) < 4.78 is 12.0. The zero-order chi connectivity index (χ0) is 30.9. The number of benzene rings is 2. The van der Waals surface area contributed by atoms with Crippen LogP contribution < -0.4 is 0 Å². The van der Waals surface area contributed by atoms with Gasteiger partial charge >= 0.3 is 0 Å². The number of amides is 2. The summed E-state index contributed by atoms with van der Waals surface area (Å²) in [6, 6.07) is 18.5. The Balaban J connectivity index is 1.53. The molecule has 0 spiro atoms. The van der Waals surface area contributed by atoms with Crippen LogP contribution in [0.1, 0.15) is 71.9 Å². The third-order valence-electron chi connectivity index (χ3n) is 8.07. The van der Waals surface area contributed by atoms with E-state index in [1.54, 1.807) is 0 Å². The van der Waals surface area contributed by atoms with Crippen molar-refractivity contribution in [2.45, 2.75) is 98.1 Å². The van der Waals surface area contributed by atoms with Gasteiger partial charge in [0, 0.05) is 13.1 Å². The zero-order valence-electron chi connectivity index (χ0n) is 26.6. The molecular formula is C35H48N4O4. The van der Waals surface area contributed by atoms with Crippen molar-refractivity contribution in [2.75, 3.05) is 13.2 Å². The summed E-state index contributed by atoms with van der Waals surface area (Å²) >= 11 is 0. The second kappa shape index (κ2) is 15.2. The molecule has 0 saturated heterocycles. The molecule has 0 fully saturated rings. The molecule has 0 N–H and O–H groups in total. The second-order valence-corrected chi connectivity index (χ2v) is 12.0. The molecule has 2 aromatic rings. The lowest BCUT2D eigenvalue weighted by molar-refractivity contribution is -0.136. The average molecular weight is 589 g/mol. The quantitative estimate of drug-likeness (QED) is 0.309. The van der Waals surface area contributed by atoms with Crippen molar-refractivity contribution in [1.29, 1.82) is 0 Å². The monoisotopic (exact) mass is 588 g/mol. The Kier molecular flexibility index (Phi) is 11.4. The molecule has 2 aliphatic heterocycles. The molecule has 4 rings (SSSR count). The zero-order valence-corrected chi connectivity index (χ0v) is 26.6. The van der Waals surface area contributed by atoms with Gasteiger partial charge in [-0.1, -0.05) is 88.4 Å². The van der Waals surface area contributed by atoms with Gasteiger partial charge < -0.3 is 19.3 Å². The molecule has 2 aliphatic rings. The van der Waals surface area contributed by atoms with Gasteiger partial charge in [-0.05, 0) is 56.1 Å². The number of aliphatic imine (C=N–C) groups is 2. The van der Waals surface area contributed by atoms with E-state index in [4.69, 9.17) is 19.5 Å². The summed E-state index contributed by atoms with van der Waals surface area (Å²) in [7, 11) is 0. The smallest absolute Gasteiger partial charge is 0.248 e. The van der Waals surface area contributed by atoms with E-state index in [0.717, 1.165) is 11.1 Å². The minimum absolute atomic E-state index is 0.00468. The molecule has 2 heterocycles. The van der Waals surface area contributed by atoms with Crippen LogP contribution in [0.4, 0.5) is 0 Å². The van der Waals surface area contributed by atoms with Crippen LogP contribution in [0.25, 0.3) is 0 Å². The molecule has 0 unspecified atom stereocenters. The normalized spacial score (nSPS) is 22.6. The number of carbonyl (C=O) groups excluding carboxylic acids is 2. The maximum absolute atomic E-state index is 13.9. The summed E-state index contributed by atoms with van der Waals surface area (Å²) in [4.78, 5) is 41.3. The summed E-state index contributed by atoms with van der Waals surface area (Å²) in [5.41, 5.74) is 2.14. The molecule has 0 bridgehead atoms. The molecule has 8 nitrogen and oxygen atoms in total. The van der Waals surface area contributed by atoms with Crippen LogP contribution >= 0.6 is 0 Å². The lowest BCUT2D eigenvalue weighted by Gasteiger charge is -2.40. The minimum Gasteiger partial charge on any atom is -0.480 e. The van der Waals surface area contributed by atoms with Crippen LogP contribution in [-0.4, -0.2) is 70.8 Å². The molecule has 8 heteroatoms. The summed E-state index contributed by atoms with van der Waals surface area (Å²) in [5, 5.41) is 0. The molecule has 2 aromatic carbocycles. The highest BCUT2D eigenvalue weighted by Gasteiger charge is 2.42. The van der Waals surface area contributed by atoms with E-state index in [0.29, 0.717) is 57.4 Å². The lowest BCUT2D eigenvalue weighted by atomic mass is 9.94. The Labute approximate surface area is 257 Å². The summed E-state index contributed by atoms with van der Waals surface area (Å²) in [6.45, 7) is 14.3. The van der Waals surface area contributed by atoms with E-state index in [-0.39, 0.29) is 35.7 Å². The Morgan fingerprint density at radius 1 is 0.651 bits per heavy atom. The molecule has 0 saturated carbocycles. The van der Waals surface area contributed by atoms with Gasteiger partial charge in [0.2, 0.25) is 23.6 Å². The van der Waals surface area contributed by atoms with Gasteiger partial charge in [-0.15, -0.1) is 0 Å². The highest BCUT2D eigenvalue weighted by molar-refractivity contribution is 5.96. The van der Waals surface area contributed by atoms with Crippen molar-refractivity contribution in [1.82, 2.24) is 9.80 Å². The standard InChI is InChI=1S/C35H48N4O4/c1-7-42-32-30(24(3)4)38(22-26-16-11-9-12-17-26)34(40)28(36-32)20-15-21-29-35(41)39(23-27-18-13-10-14-19-27)31(25(5)6)33(37-29)43-8-2/h9-14,16-19,24-25,28-31H,7-8,15,20-23H2,1-6H3/t28-,29-,30+,31+/m1/s1. The maximum atomic E-state index is 13.9. The van der Waals surface area contributed by atoms with E-state index in [9.17, 15) is 9.59 Å². The predicted octanol–water partition coefficient (Wildman–Crippen LogP) is 5.90. The largest absolute Gasteiger partial charge is 0.480 e. The van der Waals surface area contributed by atoms with Crippen LogP contribution in [-0.2, 0) is 32.2 Å². The van der Waals surface area contributed by atoms with Gasteiger partial charge in [-0.3, -0.25) is 9.59 Å². The Morgan fingerprint density at radius 2 is 1.02 bits per heavy atom. The maximum Gasteiger partial charge on any atom is 0.248 e. The fourth-order valence-electron chi connectivity index (χ4n) is 6.12. The molecule has 2 amide bonds. The molecule has 232 valence electrons. The first kappa shape index (κ1) is 32.2. The van der Waals surface area contributed by atoms with Crippen molar-refractivity contribution < 1.29 is 19.1 Å². The third-order valence-corrected chi connectivity index (χ3v) is 8.07. The number of rotatable bonds is 12. The summed E-state index contributed by atoms with van der Waals surface area (Å²) in [5.74, 6) is 1.55. The number of ether oxygens (including phenoxy) is 2. The van der Waals surface area contributed by atoms with Crippen molar-refractivity contribution in [3.05, 3.63) is 71.8 Å². The molecular weight excluding hydrogens is 540 g/mol. The number of hydrogen-bond acceptors (Lipinski definition) is 6.